The fourth-order valence-electron chi connectivity index (χ4n) is 2.70. The average Bonchev–Trinajstić information content (AvgIpc) is 2.77. The third-order valence-corrected chi connectivity index (χ3v) is 3.80. The molecule has 1 saturated heterocycles. The standard InChI is InChI=1S/C14H19ClFN/c1-2-4-11-7-8-17(10-11)14-12(9-15)5-3-6-13(14)16/h3,5-6,11H,2,4,7-10H2,1H3. The monoisotopic (exact) mass is 255 g/mol. The SMILES string of the molecule is CCCC1CCN(c2c(F)cccc2CCl)C1. The van der Waals surface area contributed by atoms with Crippen LogP contribution in [0.4, 0.5) is 10.1 Å². The van der Waals surface area contributed by atoms with Crippen molar-refractivity contribution in [2.75, 3.05) is 18.0 Å². The summed E-state index contributed by atoms with van der Waals surface area (Å²) in [6.45, 7) is 4.13. The Morgan fingerprint density at radius 1 is 1.47 bits per heavy atom. The zero-order valence-corrected chi connectivity index (χ0v) is 11.0. The third-order valence-electron chi connectivity index (χ3n) is 3.51. The number of rotatable bonds is 4. The molecule has 0 amide bonds. The molecule has 1 aliphatic rings. The first-order chi connectivity index (χ1) is 8.26. The molecule has 1 unspecified atom stereocenters. The van der Waals surface area contributed by atoms with Crippen molar-refractivity contribution in [2.45, 2.75) is 32.1 Å². The molecule has 1 nitrogen and oxygen atoms in total. The van der Waals surface area contributed by atoms with Crippen LogP contribution in [0.15, 0.2) is 18.2 Å². The molecule has 1 fully saturated rings. The van der Waals surface area contributed by atoms with Crippen molar-refractivity contribution in [1.82, 2.24) is 0 Å². The summed E-state index contributed by atoms with van der Waals surface area (Å²) in [7, 11) is 0. The van der Waals surface area contributed by atoms with Crippen LogP contribution in [0.1, 0.15) is 31.7 Å². The maximum Gasteiger partial charge on any atom is 0.146 e. The van der Waals surface area contributed by atoms with E-state index in [-0.39, 0.29) is 5.82 Å². The first kappa shape index (κ1) is 12.7. The lowest BCUT2D eigenvalue weighted by Crippen LogP contribution is -2.22. The van der Waals surface area contributed by atoms with Crippen molar-refractivity contribution in [2.24, 2.45) is 5.92 Å². The molecule has 0 aliphatic carbocycles. The highest BCUT2D eigenvalue weighted by molar-refractivity contribution is 6.17. The van der Waals surface area contributed by atoms with E-state index >= 15 is 0 Å². The van der Waals surface area contributed by atoms with Crippen molar-refractivity contribution in [3.8, 4) is 0 Å². The number of hydrogen-bond donors (Lipinski definition) is 0. The molecule has 0 saturated carbocycles. The minimum atomic E-state index is -0.139. The van der Waals surface area contributed by atoms with Gasteiger partial charge >= 0.3 is 0 Å². The number of anilines is 1. The predicted octanol–water partition coefficient (Wildman–Crippen LogP) is 4.19. The first-order valence-electron chi connectivity index (χ1n) is 6.34. The van der Waals surface area contributed by atoms with Gasteiger partial charge in [-0.25, -0.2) is 4.39 Å². The Morgan fingerprint density at radius 3 is 3.00 bits per heavy atom. The summed E-state index contributed by atoms with van der Waals surface area (Å²) < 4.78 is 13.9. The van der Waals surface area contributed by atoms with Gasteiger partial charge in [0.2, 0.25) is 0 Å². The molecule has 1 aromatic rings. The first-order valence-corrected chi connectivity index (χ1v) is 6.88. The van der Waals surface area contributed by atoms with Crippen LogP contribution in [0.2, 0.25) is 0 Å². The number of para-hydroxylation sites is 1. The second-order valence-electron chi connectivity index (χ2n) is 4.77. The molecule has 0 N–H and O–H groups in total. The molecule has 0 bridgehead atoms. The van der Waals surface area contributed by atoms with E-state index in [2.05, 4.69) is 11.8 Å². The Balaban J connectivity index is 2.18. The Bertz CT molecular complexity index is 380. The summed E-state index contributed by atoms with van der Waals surface area (Å²) >= 11 is 5.89. The van der Waals surface area contributed by atoms with Gasteiger partial charge in [-0.05, 0) is 30.4 Å². The zero-order valence-electron chi connectivity index (χ0n) is 10.3. The van der Waals surface area contributed by atoms with Crippen LogP contribution in [0.3, 0.4) is 0 Å². The van der Waals surface area contributed by atoms with Crippen LogP contribution in [0, 0.1) is 11.7 Å². The third kappa shape index (κ3) is 2.74. The van der Waals surface area contributed by atoms with Crippen LogP contribution < -0.4 is 4.90 Å². The summed E-state index contributed by atoms with van der Waals surface area (Å²) in [5.74, 6) is 0.949. The molecular weight excluding hydrogens is 237 g/mol. The van der Waals surface area contributed by atoms with Crippen molar-refractivity contribution >= 4 is 17.3 Å². The van der Waals surface area contributed by atoms with Crippen molar-refractivity contribution < 1.29 is 4.39 Å². The van der Waals surface area contributed by atoms with Gasteiger partial charge in [-0.2, -0.15) is 0 Å². The van der Waals surface area contributed by atoms with Crippen LogP contribution in [-0.2, 0) is 5.88 Å². The van der Waals surface area contributed by atoms with Crippen LogP contribution >= 0.6 is 11.6 Å². The van der Waals surface area contributed by atoms with E-state index in [0.717, 1.165) is 24.3 Å². The molecule has 1 aromatic carbocycles. The van der Waals surface area contributed by atoms with Gasteiger partial charge in [0.05, 0.1) is 5.69 Å². The molecule has 0 radical (unpaired) electrons. The summed E-state index contributed by atoms with van der Waals surface area (Å²) in [5, 5.41) is 0. The second-order valence-corrected chi connectivity index (χ2v) is 5.04. The van der Waals surface area contributed by atoms with Crippen LogP contribution in [0.5, 0.6) is 0 Å². The highest BCUT2D eigenvalue weighted by Crippen LogP contribution is 2.31. The van der Waals surface area contributed by atoms with Crippen molar-refractivity contribution in [3.05, 3.63) is 29.6 Å². The predicted molar refractivity (Wildman–Crippen MR) is 71.2 cm³/mol. The Labute approximate surface area is 108 Å². The van der Waals surface area contributed by atoms with Gasteiger partial charge in [0.25, 0.3) is 0 Å². The lowest BCUT2D eigenvalue weighted by molar-refractivity contribution is 0.528. The molecule has 1 aliphatic heterocycles. The molecular formula is C14H19ClFN. The van der Waals surface area contributed by atoms with E-state index < -0.39 is 0 Å². The highest BCUT2D eigenvalue weighted by atomic mass is 35.5. The van der Waals surface area contributed by atoms with Gasteiger partial charge in [-0.3, -0.25) is 0 Å². The Hall–Kier alpha value is -0.760. The van der Waals surface area contributed by atoms with Gasteiger partial charge in [0.1, 0.15) is 5.82 Å². The number of halogens is 2. The van der Waals surface area contributed by atoms with Gasteiger partial charge in [-0.15, -0.1) is 11.6 Å². The largest absolute Gasteiger partial charge is 0.369 e. The Kier molecular flexibility index (Phi) is 4.27. The van der Waals surface area contributed by atoms with Gasteiger partial charge in [0.15, 0.2) is 0 Å². The smallest absolute Gasteiger partial charge is 0.146 e. The molecule has 1 atom stereocenters. The van der Waals surface area contributed by atoms with Crippen molar-refractivity contribution in [3.63, 3.8) is 0 Å². The topological polar surface area (TPSA) is 3.24 Å². The summed E-state index contributed by atoms with van der Waals surface area (Å²) in [6, 6.07) is 5.17. The van der Waals surface area contributed by atoms with Gasteiger partial charge in [-0.1, -0.05) is 25.5 Å². The van der Waals surface area contributed by atoms with E-state index in [1.807, 2.05) is 6.07 Å². The van der Waals surface area contributed by atoms with E-state index in [4.69, 9.17) is 11.6 Å². The van der Waals surface area contributed by atoms with Crippen molar-refractivity contribution in [1.29, 1.82) is 0 Å². The number of alkyl halides is 1. The molecule has 3 heteroatoms. The molecule has 0 spiro atoms. The van der Waals surface area contributed by atoms with Crippen LogP contribution in [-0.4, -0.2) is 13.1 Å². The van der Waals surface area contributed by atoms with Gasteiger partial charge < -0.3 is 4.90 Å². The van der Waals surface area contributed by atoms with E-state index in [1.165, 1.54) is 25.3 Å². The minimum absolute atomic E-state index is 0.139. The van der Waals surface area contributed by atoms with E-state index in [0.29, 0.717) is 11.8 Å². The van der Waals surface area contributed by atoms with E-state index in [9.17, 15) is 4.39 Å². The van der Waals surface area contributed by atoms with Crippen LogP contribution in [0.25, 0.3) is 0 Å². The lowest BCUT2D eigenvalue weighted by Gasteiger charge is -2.22. The minimum Gasteiger partial charge on any atom is -0.369 e. The molecule has 94 valence electrons. The quantitative estimate of drug-likeness (QED) is 0.729. The molecule has 17 heavy (non-hydrogen) atoms. The molecule has 2 rings (SSSR count). The second kappa shape index (κ2) is 5.72. The number of hydrogen-bond acceptors (Lipinski definition) is 1. The normalized spacial score (nSPS) is 19.9. The fourth-order valence-corrected chi connectivity index (χ4v) is 2.92. The number of nitrogens with zero attached hydrogens (tertiary/aromatic N) is 1. The highest BCUT2D eigenvalue weighted by Gasteiger charge is 2.25. The molecule has 0 aromatic heterocycles. The summed E-state index contributed by atoms with van der Waals surface area (Å²) in [5.41, 5.74) is 1.63. The Morgan fingerprint density at radius 2 is 2.29 bits per heavy atom. The maximum absolute atomic E-state index is 13.9. The average molecular weight is 256 g/mol. The number of benzene rings is 1. The lowest BCUT2D eigenvalue weighted by atomic mass is 10.0. The fraction of sp³-hybridized carbons (Fsp3) is 0.571. The maximum atomic E-state index is 13.9. The summed E-state index contributed by atoms with van der Waals surface area (Å²) in [4.78, 5) is 2.16. The van der Waals surface area contributed by atoms with Gasteiger partial charge in [0, 0.05) is 19.0 Å². The summed E-state index contributed by atoms with van der Waals surface area (Å²) in [6.07, 6.45) is 3.61. The molecule has 1 heterocycles. The zero-order chi connectivity index (χ0) is 12.3. The van der Waals surface area contributed by atoms with E-state index in [1.54, 1.807) is 6.07 Å².